The molecule has 1 unspecified atom stereocenters. The summed E-state index contributed by atoms with van der Waals surface area (Å²) in [5, 5.41) is 25.5. The molecule has 2 fully saturated rings. The van der Waals surface area contributed by atoms with Crippen LogP contribution in [0.1, 0.15) is 29.8 Å². The minimum atomic E-state index is -0.0338. The maximum Gasteiger partial charge on any atom is 0.271 e. The van der Waals surface area contributed by atoms with E-state index in [1.54, 1.807) is 12.3 Å². The zero-order valence-electron chi connectivity index (χ0n) is 13.4. The topological polar surface area (TPSA) is 92.7 Å². The van der Waals surface area contributed by atoms with Crippen LogP contribution in [-0.4, -0.2) is 82.1 Å². The Kier molecular flexibility index (Phi) is 4.99. The van der Waals surface area contributed by atoms with Crippen molar-refractivity contribution in [2.75, 3.05) is 45.9 Å². The average molecular weight is 322 g/mol. The van der Waals surface area contributed by atoms with Gasteiger partial charge >= 0.3 is 0 Å². The van der Waals surface area contributed by atoms with Gasteiger partial charge in [-0.25, -0.2) is 0 Å². The Labute approximate surface area is 136 Å². The number of hydrogen-bond donors (Lipinski definition) is 3. The van der Waals surface area contributed by atoms with Crippen LogP contribution in [0.3, 0.4) is 0 Å². The average Bonchev–Trinajstić information content (AvgIpc) is 3.11. The second-order valence-electron chi connectivity index (χ2n) is 6.78. The first-order valence-corrected chi connectivity index (χ1v) is 8.41. The van der Waals surface area contributed by atoms with Gasteiger partial charge in [0.05, 0.1) is 6.61 Å². The van der Waals surface area contributed by atoms with Gasteiger partial charge in [-0.05, 0) is 43.8 Å². The van der Waals surface area contributed by atoms with Crippen molar-refractivity contribution < 1.29 is 15.0 Å². The van der Waals surface area contributed by atoms with Crippen LogP contribution in [0, 0.1) is 11.3 Å². The molecule has 128 valence electrons. The molecule has 0 saturated carbocycles. The van der Waals surface area contributed by atoms with Crippen molar-refractivity contribution in [1.82, 2.24) is 20.0 Å². The van der Waals surface area contributed by atoms with Gasteiger partial charge in [-0.2, -0.15) is 5.10 Å². The normalized spacial score (nSPS) is 25.0. The van der Waals surface area contributed by atoms with E-state index in [1.807, 2.05) is 4.90 Å². The predicted molar refractivity (Wildman–Crippen MR) is 84.9 cm³/mol. The van der Waals surface area contributed by atoms with Crippen LogP contribution in [0.15, 0.2) is 12.3 Å². The first-order valence-electron chi connectivity index (χ1n) is 8.41. The molecule has 7 nitrogen and oxygen atoms in total. The van der Waals surface area contributed by atoms with Gasteiger partial charge in [0.1, 0.15) is 5.69 Å². The quantitative estimate of drug-likeness (QED) is 0.722. The number of amides is 1. The molecule has 1 aromatic rings. The second-order valence-corrected chi connectivity index (χ2v) is 6.78. The first-order chi connectivity index (χ1) is 11.2. The Hall–Kier alpha value is -1.44. The fraction of sp³-hybridized carbons (Fsp3) is 0.750. The van der Waals surface area contributed by atoms with E-state index >= 15 is 0 Å². The van der Waals surface area contributed by atoms with Gasteiger partial charge in [0, 0.05) is 38.4 Å². The van der Waals surface area contributed by atoms with Crippen LogP contribution in [0.25, 0.3) is 0 Å². The molecule has 1 amide bonds. The Bertz CT molecular complexity index is 511. The molecule has 2 aliphatic rings. The lowest BCUT2D eigenvalue weighted by molar-refractivity contribution is -0.0370. The number of H-pyrrole nitrogens is 1. The first kappa shape index (κ1) is 16.4. The van der Waals surface area contributed by atoms with Crippen LogP contribution in [-0.2, 0) is 0 Å². The number of aliphatic hydroxyl groups excluding tert-OH is 2. The van der Waals surface area contributed by atoms with Gasteiger partial charge in [-0.3, -0.25) is 9.89 Å². The highest BCUT2D eigenvalue weighted by molar-refractivity contribution is 5.92. The number of aromatic amines is 1. The number of piperidine rings is 2. The van der Waals surface area contributed by atoms with Crippen molar-refractivity contribution in [1.29, 1.82) is 0 Å². The summed E-state index contributed by atoms with van der Waals surface area (Å²) in [5.41, 5.74) is 0.640. The molecule has 0 aromatic carbocycles. The summed E-state index contributed by atoms with van der Waals surface area (Å²) < 4.78 is 0. The highest BCUT2D eigenvalue weighted by Gasteiger charge is 2.45. The number of aliphatic hydroxyl groups is 2. The molecule has 3 rings (SSSR count). The molecule has 1 aromatic heterocycles. The summed E-state index contributed by atoms with van der Waals surface area (Å²) in [6.45, 7) is 4.31. The lowest BCUT2D eigenvalue weighted by atomic mass is 9.64. The van der Waals surface area contributed by atoms with Crippen molar-refractivity contribution >= 4 is 5.91 Å². The van der Waals surface area contributed by atoms with E-state index in [4.69, 9.17) is 5.11 Å². The largest absolute Gasteiger partial charge is 0.396 e. The third-order valence-electron chi connectivity index (χ3n) is 5.69. The monoisotopic (exact) mass is 322 g/mol. The molecule has 2 saturated heterocycles. The van der Waals surface area contributed by atoms with Gasteiger partial charge in [-0.1, -0.05) is 0 Å². The number of β-amino-alcohol motifs (C(OH)–C–C–N with tert-alkyl or cyclic N) is 1. The SMILES string of the molecule is O=C(c1ccn[nH]1)N1CCC2(CCN(CCO)CC2)C(CO)C1. The molecule has 23 heavy (non-hydrogen) atoms. The van der Waals surface area contributed by atoms with Crippen molar-refractivity contribution in [3.05, 3.63) is 18.0 Å². The molecule has 1 atom stereocenters. The van der Waals surface area contributed by atoms with E-state index in [0.717, 1.165) is 45.4 Å². The second kappa shape index (κ2) is 6.98. The summed E-state index contributed by atoms with van der Waals surface area (Å²) in [6.07, 6.45) is 4.58. The maximum absolute atomic E-state index is 12.5. The van der Waals surface area contributed by atoms with E-state index in [0.29, 0.717) is 12.2 Å². The van der Waals surface area contributed by atoms with E-state index in [1.165, 1.54) is 0 Å². The van der Waals surface area contributed by atoms with Gasteiger partial charge in [0.25, 0.3) is 5.91 Å². The predicted octanol–water partition coefficient (Wildman–Crippen LogP) is -0.0614. The van der Waals surface area contributed by atoms with E-state index in [2.05, 4.69) is 15.1 Å². The Morgan fingerprint density at radius 1 is 1.30 bits per heavy atom. The zero-order valence-corrected chi connectivity index (χ0v) is 13.4. The van der Waals surface area contributed by atoms with Crippen LogP contribution in [0.4, 0.5) is 0 Å². The molecule has 0 aliphatic carbocycles. The number of hydrogen-bond acceptors (Lipinski definition) is 5. The summed E-state index contributed by atoms with van der Waals surface area (Å²) in [6, 6.07) is 1.69. The van der Waals surface area contributed by atoms with Crippen LogP contribution < -0.4 is 0 Å². The number of nitrogens with zero attached hydrogens (tertiary/aromatic N) is 3. The van der Waals surface area contributed by atoms with Gasteiger partial charge in [0.15, 0.2) is 0 Å². The zero-order chi connectivity index (χ0) is 16.3. The van der Waals surface area contributed by atoms with E-state index in [-0.39, 0.29) is 30.5 Å². The minimum Gasteiger partial charge on any atom is -0.396 e. The van der Waals surface area contributed by atoms with E-state index < -0.39 is 0 Å². The molecule has 1 spiro atoms. The van der Waals surface area contributed by atoms with E-state index in [9.17, 15) is 9.90 Å². The molecule has 7 heteroatoms. The molecule has 0 bridgehead atoms. The Balaban J connectivity index is 1.64. The summed E-state index contributed by atoms with van der Waals surface area (Å²) >= 11 is 0. The fourth-order valence-corrected chi connectivity index (χ4v) is 4.12. The van der Waals surface area contributed by atoms with Crippen LogP contribution >= 0.6 is 0 Å². The molecular formula is C16H26N4O3. The molecule has 3 N–H and O–H groups in total. The number of carbonyl (C=O) groups excluding carboxylic acids is 1. The molecular weight excluding hydrogens is 296 g/mol. The van der Waals surface area contributed by atoms with Crippen LogP contribution in [0.5, 0.6) is 0 Å². The molecule has 2 aliphatic heterocycles. The van der Waals surface area contributed by atoms with Crippen molar-refractivity contribution in [3.63, 3.8) is 0 Å². The number of aromatic nitrogens is 2. The van der Waals surface area contributed by atoms with Gasteiger partial charge < -0.3 is 20.0 Å². The Morgan fingerprint density at radius 2 is 2.04 bits per heavy atom. The van der Waals surface area contributed by atoms with Crippen molar-refractivity contribution in [2.24, 2.45) is 11.3 Å². The van der Waals surface area contributed by atoms with Crippen LogP contribution in [0.2, 0.25) is 0 Å². The van der Waals surface area contributed by atoms with Crippen molar-refractivity contribution in [2.45, 2.75) is 19.3 Å². The minimum absolute atomic E-state index is 0.0338. The van der Waals surface area contributed by atoms with Gasteiger partial charge in [0.2, 0.25) is 0 Å². The lowest BCUT2D eigenvalue weighted by Crippen LogP contribution is -2.54. The number of likely N-dealkylation sites (tertiary alicyclic amines) is 2. The third kappa shape index (κ3) is 3.27. The summed E-state index contributed by atoms with van der Waals surface area (Å²) in [4.78, 5) is 16.6. The Morgan fingerprint density at radius 3 is 2.65 bits per heavy atom. The molecule has 0 radical (unpaired) electrons. The smallest absolute Gasteiger partial charge is 0.271 e. The summed E-state index contributed by atoms with van der Waals surface area (Å²) in [7, 11) is 0. The standard InChI is InChI=1S/C16H26N4O3/c21-10-9-19-6-2-16(3-7-19)4-8-20(11-13(16)12-22)15(23)14-1-5-17-18-14/h1,5,13,21-22H,2-4,6-12H2,(H,17,18). The highest BCUT2D eigenvalue weighted by atomic mass is 16.3. The summed E-state index contributed by atoms with van der Waals surface area (Å²) in [5.74, 6) is 0.0907. The highest BCUT2D eigenvalue weighted by Crippen LogP contribution is 2.45. The number of carbonyl (C=O) groups is 1. The number of nitrogens with one attached hydrogen (secondary N) is 1. The van der Waals surface area contributed by atoms with Crippen molar-refractivity contribution in [3.8, 4) is 0 Å². The molecule has 3 heterocycles. The van der Waals surface area contributed by atoms with Gasteiger partial charge in [-0.15, -0.1) is 0 Å². The maximum atomic E-state index is 12.5. The number of rotatable bonds is 4. The lowest BCUT2D eigenvalue weighted by Gasteiger charge is -2.51. The fourth-order valence-electron chi connectivity index (χ4n) is 4.12. The third-order valence-corrected chi connectivity index (χ3v) is 5.69.